The van der Waals surface area contributed by atoms with E-state index in [1.165, 1.54) is 19.1 Å². The van der Waals surface area contributed by atoms with Crippen molar-refractivity contribution in [2.45, 2.75) is 26.3 Å². The second kappa shape index (κ2) is 9.58. The fourth-order valence-electron chi connectivity index (χ4n) is 1.71. The van der Waals surface area contributed by atoms with E-state index >= 15 is 0 Å². The van der Waals surface area contributed by atoms with Crippen molar-refractivity contribution >= 4 is 35.1 Å². The zero-order valence-electron chi connectivity index (χ0n) is 13.7. The number of halogens is 1. The van der Waals surface area contributed by atoms with Crippen molar-refractivity contribution < 1.29 is 24.0 Å². The van der Waals surface area contributed by atoms with E-state index in [-0.39, 0.29) is 10.6 Å². The first-order chi connectivity index (χ1) is 11.8. The van der Waals surface area contributed by atoms with Crippen molar-refractivity contribution in [3.63, 3.8) is 0 Å². The van der Waals surface area contributed by atoms with Gasteiger partial charge in [0.05, 0.1) is 4.92 Å². The van der Waals surface area contributed by atoms with Crippen LogP contribution in [0.3, 0.4) is 0 Å². The Kier molecular flexibility index (Phi) is 7.80. The molecule has 0 spiro atoms. The molecule has 2 N–H and O–H groups in total. The summed E-state index contributed by atoms with van der Waals surface area (Å²) in [5.41, 5.74) is -0.450. The Bertz CT molecular complexity index is 679. The number of hydrogen-bond acceptors (Lipinski definition) is 6. The summed E-state index contributed by atoms with van der Waals surface area (Å²) in [7, 11) is 0. The number of carbonyl (C=O) groups excluding carboxylic acids is 3. The molecule has 0 aromatic heterocycles. The predicted octanol–water partition coefficient (Wildman–Crippen LogP) is 1.44. The molecule has 9 nitrogen and oxygen atoms in total. The molecule has 2 amide bonds. The first kappa shape index (κ1) is 20.4. The van der Waals surface area contributed by atoms with Crippen molar-refractivity contribution in [1.82, 2.24) is 10.6 Å². The highest BCUT2D eigenvalue weighted by molar-refractivity contribution is 6.32. The molecule has 0 unspecified atom stereocenters. The number of ether oxygens (including phenoxy) is 1. The zero-order chi connectivity index (χ0) is 19.0. The summed E-state index contributed by atoms with van der Waals surface area (Å²) in [6, 6.07) is 2.48. The summed E-state index contributed by atoms with van der Waals surface area (Å²) in [6.07, 6.45) is 0.749. The fourth-order valence-corrected chi connectivity index (χ4v) is 1.90. The van der Waals surface area contributed by atoms with E-state index < -0.39 is 41.0 Å². The van der Waals surface area contributed by atoms with Crippen LogP contribution in [0.5, 0.6) is 0 Å². The molecule has 0 radical (unpaired) electrons. The minimum Gasteiger partial charge on any atom is -0.454 e. The van der Waals surface area contributed by atoms with E-state index in [0.717, 1.165) is 12.5 Å². The van der Waals surface area contributed by atoms with Crippen LogP contribution in [-0.2, 0) is 14.3 Å². The first-order valence-electron chi connectivity index (χ1n) is 7.44. The van der Waals surface area contributed by atoms with Gasteiger partial charge in [0.2, 0.25) is 0 Å². The molecule has 1 aromatic carbocycles. The molecule has 0 bridgehead atoms. The SMILES string of the molecule is CCCNC(=O)COC(=O)[C@H](C)NC(=O)c1ccc(Cl)c([N+](=O)[O-])c1. The summed E-state index contributed by atoms with van der Waals surface area (Å²) in [5, 5.41) is 15.6. The molecule has 0 aliphatic heterocycles. The lowest BCUT2D eigenvalue weighted by molar-refractivity contribution is -0.384. The number of nitrogens with one attached hydrogen (secondary N) is 2. The van der Waals surface area contributed by atoms with Crippen LogP contribution in [0, 0.1) is 10.1 Å². The Labute approximate surface area is 148 Å². The molecule has 0 aliphatic rings. The minimum atomic E-state index is -1.04. The normalized spacial score (nSPS) is 11.3. The van der Waals surface area contributed by atoms with Gasteiger partial charge in [0.1, 0.15) is 11.1 Å². The van der Waals surface area contributed by atoms with Gasteiger partial charge in [-0.25, -0.2) is 4.79 Å². The Morgan fingerprint density at radius 3 is 2.64 bits per heavy atom. The highest BCUT2D eigenvalue weighted by Crippen LogP contribution is 2.25. The van der Waals surface area contributed by atoms with Crippen LogP contribution in [0.25, 0.3) is 0 Å². The molecular formula is C15H18ClN3O6. The second-order valence-corrected chi connectivity index (χ2v) is 5.48. The van der Waals surface area contributed by atoms with Gasteiger partial charge in [0.25, 0.3) is 17.5 Å². The van der Waals surface area contributed by atoms with E-state index in [1.807, 2.05) is 6.92 Å². The Hall–Kier alpha value is -2.68. The fraction of sp³-hybridized carbons (Fsp3) is 0.400. The first-order valence-corrected chi connectivity index (χ1v) is 7.82. The van der Waals surface area contributed by atoms with Crippen LogP contribution in [-0.4, -0.2) is 41.9 Å². The Morgan fingerprint density at radius 2 is 2.04 bits per heavy atom. The van der Waals surface area contributed by atoms with E-state index in [1.54, 1.807) is 0 Å². The maximum Gasteiger partial charge on any atom is 0.328 e. The third-order valence-corrected chi connectivity index (χ3v) is 3.34. The number of nitro benzene ring substituents is 1. The average molecular weight is 372 g/mol. The number of nitro groups is 1. The molecule has 1 atom stereocenters. The molecule has 1 rings (SSSR count). The second-order valence-electron chi connectivity index (χ2n) is 5.08. The van der Waals surface area contributed by atoms with Gasteiger partial charge in [0.15, 0.2) is 6.61 Å². The van der Waals surface area contributed by atoms with Crippen LogP contribution in [0.1, 0.15) is 30.6 Å². The lowest BCUT2D eigenvalue weighted by Crippen LogP contribution is -2.41. The van der Waals surface area contributed by atoms with Gasteiger partial charge < -0.3 is 15.4 Å². The monoisotopic (exact) mass is 371 g/mol. The maximum atomic E-state index is 12.1. The van der Waals surface area contributed by atoms with Gasteiger partial charge >= 0.3 is 5.97 Å². The van der Waals surface area contributed by atoms with Gasteiger partial charge in [0, 0.05) is 18.2 Å². The molecule has 136 valence electrons. The number of carbonyl (C=O) groups is 3. The lowest BCUT2D eigenvalue weighted by atomic mass is 10.1. The summed E-state index contributed by atoms with van der Waals surface area (Å²) < 4.78 is 4.79. The molecule has 0 saturated carbocycles. The zero-order valence-corrected chi connectivity index (χ0v) is 14.5. The molecule has 0 fully saturated rings. The van der Waals surface area contributed by atoms with Gasteiger partial charge in [-0.1, -0.05) is 18.5 Å². The predicted molar refractivity (Wildman–Crippen MR) is 89.3 cm³/mol. The topological polar surface area (TPSA) is 128 Å². The highest BCUT2D eigenvalue weighted by atomic mass is 35.5. The van der Waals surface area contributed by atoms with Crippen LogP contribution >= 0.6 is 11.6 Å². The number of hydrogen-bond donors (Lipinski definition) is 2. The maximum absolute atomic E-state index is 12.1. The quantitative estimate of drug-likeness (QED) is 0.404. The highest BCUT2D eigenvalue weighted by Gasteiger charge is 2.21. The standard InChI is InChI=1S/C15H18ClN3O6/c1-3-6-17-13(20)8-25-15(22)9(2)18-14(21)10-4-5-11(16)12(7-10)19(23)24/h4-5,7,9H,3,6,8H2,1-2H3,(H,17,20)(H,18,21)/t9-/m0/s1. The minimum absolute atomic E-state index is 0.0311. The largest absolute Gasteiger partial charge is 0.454 e. The molecule has 1 aromatic rings. The molecule has 0 heterocycles. The van der Waals surface area contributed by atoms with Crippen LogP contribution in [0.2, 0.25) is 5.02 Å². The lowest BCUT2D eigenvalue weighted by Gasteiger charge is -2.13. The number of esters is 1. The Morgan fingerprint density at radius 1 is 1.36 bits per heavy atom. The van der Waals surface area contributed by atoms with Gasteiger partial charge in [-0.05, 0) is 25.5 Å². The molecule has 0 aliphatic carbocycles. The van der Waals surface area contributed by atoms with E-state index in [0.29, 0.717) is 6.54 Å². The van der Waals surface area contributed by atoms with E-state index in [9.17, 15) is 24.5 Å². The van der Waals surface area contributed by atoms with Gasteiger partial charge in [-0.3, -0.25) is 19.7 Å². The van der Waals surface area contributed by atoms with Crippen LogP contribution in [0.4, 0.5) is 5.69 Å². The summed E-state index contributed by atoms with van der Waals surface area (Å²) in [5.74, 6) is -1.95. The van der Waals surface area contributed by atoms with E-state index in [2.05, 4.69) is 10.6 Å². The summed E-state index contributed by atoms with van der Waals surface area (Å²) in [6.45, 7) is 3.27. The number of rotatable bonds is 8. The molecule has 0 saturated heterocycles. The summed E-state index contributed by atoms with van der Waals surface area (Å²) >= 11 is 5.67. The van der Waals surface area contributed by atoms with Crippen molar-refractivity contribution in [1.29, 1.82) is 0 Å². The van der Waals surface area contributed by atoms with Crippen molar-refractivity contribution in [2.75, 3.05) is 13.2 Å². The van der Waals surface area contributed by atoms with Crippen molar-refractivity contribution in [2.24, 2.45) is 0 Å². The smallest absolute Gasteiger partial charge is 0.328 e. The van der Waals surface area contributed by atoms with Gasteiger partial charge in [-0.2, -0.15) is 0 Å². The third-order valence-electron chi connectivity index (χ3n) is 3.02. The third kappa shape index (κ3) is 6.38. The summed E-state index contributed by atoms with van der Waals surface area (Å²) in [4.78, 5) is 45.3. The number of benzene rings is 1. The van der Waals surface area contributed by atoms with Crippen molar-refractivity contribution in [3.05, 3.63) is 38.9 Å². The van der Waals surface area contributed by atoms with Gasteiger partial charge in [-0.15, -0.1) is 0 Å². The Balaban J connectivity index is 2.61. The number of amides is 2. The van der Waals surface area contributed by atoms with E-state index in [4.69, 9.17) is 16.3 Å². The van der Waals surface area contributed by atoms with Crippen LogP contribution < -0.4 is 10.6 Å². The molecule has 25 heavy (non-hydrogen) atoms. The average Bonchev–Trinajstić information content (AvgIpc) is 2.57. The number of nitrogens with zero attached hydrogens (tertiary/aromatic N) is 1. The van der Waals surface area contributed by atoms with Crippen molar-refractivity contribution in [3.8, 4) is 0 Å². The molecule has 10 heteroatoms. The van der Waals surface area contributed by atoms with Crippen LogP contribution in [0.15, 0.2) is 18.2 Å². The molecular weight excluding hydrogens is 354 g/mol.